The number of hydrogen-bond donors (Lipinski definition) is 1. The summed E-state index contributed by atoms with van der Waals surface area (Å²) in [4.78, 5) is 42.4. The van der Waals surface area contributed by atoms with E-state index in [-0.39, 0.29) is 11.8 Å². The fourth-order valence-electron chi connectivity index (χ4n) is 2.66. The first-order valence-electron chi connectivity index (χ1n) is 7.97. The van der Waals surface area contributed by atoms with Crippen LogP contribution in [0, 0.1) is 0 Å². The summed E-state index contributed by atoms with van der Waals surface area (Å²) in [5.41, 5.74) is 2.33. The van der Waals surface area contributed by atoms with Crippen LogP contribution < -0.4 is 10.2 Å². The number of nitrogens with one attached hydrogen (secondary N) is 1. The van der Waals surface area contributed by atoms with Gasteiger partial charge in [-0.05, 0) is 23.8 Å². The number of anilines is 1. The van der Waals surface area contributed by atoms with Crippen LogP contribution in [0.3, 0.4) is 0 Å². The molecular weight excluding hydrogens is 332 g/mol. The summed E-state index contributed by atoms with van der Waals surface area (Å²) in [6.45, 7) is 0.685. The van der Waals surface area contributed by atoms with Crippen molar-refractivity contribution >= 4 is 17.6 Å². The molecule has 0 aromatic carbocycles. The molecule has 0 saturated heterocycles. The average molecular weight is 346 g/mol. The van der Waals surface area contributed by atoms with Gasteiger partial charge in [-0.25, -0.2) is 9.97 Å². The third kappa shape index (κ3) is 3.00. The Morgan fingerprint density at radius 3 is 2.69 bits per heavy atom. The first-order valence-corrected chi connectivity index (χ1v) is 7.97. The lowest BCUT2D eigenvalue weighted by Gasteiger charge is -2.14. The van der Waals surface area contributed by atoms with E-state index in [0.29, 0.717) is 35.9 Å². The highest BCUT2D eigenvalue weighted by atomic mass is 16.2. The second-order valence-corrected chi connectivity index (χ2v) is 5.69. The number of aromatic nitrogens is 4. The fraction of sp³-hybridized carbons (Fsp3) is 0.111. The molecule has 4 heterocycles. The summed E-state index contributed by atoms with van der Waals surface area (Å²) in [6.07, 6.45) is 7.83. The van der Waals surface area contributed by atoms with Crippen molar-refractivity contribution in [1.29, 1.82) is 0 Å². The van der Waals surface area contributed by atoms with E-state index in [2.05, 4.69) is 25.3 Å². The van der Waals surface area contributed by atoms with Crippen molar-refractivity contribution < 1.29 is 9.59 Å². The van der Waals surface area contributed by atoms with E-state index >= 15 is 0 Å². The first kappa shape index (κ1) is 15.8. The molecule has 3 aromatic heterocycles. The number of fused-ring (bicyclic) bond motifs is 1. The molecule has 1 N–H and O–H groups in total. The lowest BCUT2D eigenvalue weighted by molar-refractivity contribution is 0.0949. The maximum atomic E-state index is 12.4. The zero-order valence-corrected chi connectivity index (χ0v) is 13.7. The second-order valence-electron chi connectivity index (χ2n) is 5.69. The van der Waals surface area contributed by atoms with Gasteiger partial charge in [0.25, 0.3) is 11.8 Å². The van der Waals surface area contributed by atoms with Gasteiger partial charge >= 0.3 is 0 Å². The third-order valence-electron chi connectivity index (χ3n) is 3.99. The van der Waals surface area contributed by atoms with Crippen LogP contribution in [0.1, 0.15) is 32.1 Å². The van der Waals surface area contributed by atoms with Crippen LogP contribution in [0.15, 0.2) is 55.2 Å². The van der Waals surface area contributed by atoms with Crippen LogP contribution in [0.25, 0.3) is 0 Å². The summed E-state index contributed by atoms with van der Waals surface area (Å²) < 4.78 is 0. The van der Waals surface area contributed by atoms with Gasteiger partial charge < -0.3 is 5.32 Å². The molecular formula is C18H14N6O2. The molecule has 1 aliphatic rings. The normalized spacial score (nSPS) is 12.8. The Morgan fingerprint density at radius 1 is 1.08 bits per heavy atom. The van der Waals surface area contributed by atoms with E-state index in [0.717, 1.165) is 5.56 Å². The highest BCUT2D eigenvalue weighted by Gasteiger charge is 2.31. The zero-order valence-electron chi connectivity index (χ0n) is 13.7. The molecule has 8 heteroatoms. The van der Waals surface area contributed by atoms with Gasteiger partial charge in [-0.1, -0.05) is 6.07 Å². The molecule has 128 valence electrons. The number of rotatable bonds is 4. The number of carbonyl (C=O) groups excluding carboxylic acids is 2. The number of pyridine rings is 2. The molecule has 0 unspecified atom stereocenters. The van der Waals surface area contributed by atoms with Crippen LogP contribution in [0.5, 0.6) is 0 Å². The summed E-state index contributed by atoms with van der Waals surface area (Å²) >= 11 is 0. The number of nitrogens with zero attached hydrogens (tertiary/aromatic N) is 5. The van der Waals surface area contributed by atoms with Crippen molar-refractivity contribution in [2.45, 2.75) is 13.1 Å². The van der Waals surface area contributed by atoms with Crippen molar-refractivity contribution in [3.05, 3.63) is 77.8 Å². The van der Waals surface area contributed by atoms with Crippen LogP contribution in [-0.2, 0) is 13.1 Å². The number of carbonyl (C=O) groups is 2. The van der Waals surface area contributed by atoms with E-state index in [4.69, 9.17) is 0 Å². The SMILES string of the molecule is O=C(NCc1ccc(N2Cc3nccnc3C2=O)nc1)c1cccnc1. The van der Waals surface area contributed by atoms with Crippen molar-refractivity contribution in [1.82, 2.24) is 25.3 Å². The molecule has 3 aromatic rings. The highest BCUT2D eigenvalue weighted by Crippen LogP contribution is 2.23. The molecule has 0 aliphatic carbocycles. The third-order valence-corrected chi connectivity index (χ3v) is 3.99. The topological polar surface area (TPSA) is 101 Å². The molecule has 8 nitrogen and oxygen atoms in total. The molecule has 0 spiro atoms. The molecule has 0 bridgehead atoms. The summed E-state index contributed by atoms with van der Waals surface area (Å²) in [6, 6.07) is 6.97. The van der Waals surface area contributed by atoms with Gasteiger partial charge in [0.05, 0.1) is 17.8 Å². The van der Waals surface area contributed by atoms with Crippen molar-refractivity contribution in [3.63, 3.8) is 0 Å². The van der Waals surface area contributed by atoms with E-state index < -0.39 is 0 Å². The minimum Gasteiger partial charge on any atom is -0.348 e. The van der Waals surface area contributed by atoms with E-state index in [1.807, 2.05) is 6.07 Å². The summed E-state index contributed by atoms with van der Waals surface area (Å²) in [7, 11) is 0. The standard InChI is InChI=1S/C18H14N6O2/c25-17(13-2-1-5-19-10-13)23-9-12-3-4-15(22-8-12)24-11-14-16(18(24)26)21-7-6-20-14/h1-8,10H,9,11H2,(H,23,25). The maximum absolute atomic E-state index is 12.4. The van der Waals surface area contributed by atoms with Gasteiger partial charge in [-0.2, -0.15) is 0 Å². The van der Waals surface area contributed by atoms with Crippen molar-refractivity contribution in [2.75, 3.05) is 4.90 Å². The van der Waals surface area contributed by atoms with E-state index in [1.54, 1.807) is 36.8 Å². The monoisotopic (exact) mass is 346 g/mol. The van der Waals surface area contributed by atoms with Gasteiger partial charge in [-0.3, -0.25) is 24.5 Å². The number of amides is 2. The van der Waals surface area contributed by atoms with Gasteiger partial charge in [0.15, 0.2) is 5.69 Å². The maximum Gasteiger partial charge on any atom is 0.280 e. The van der Waals surface area contributed by atoms with Gasteiger partial charge in [0, 0.05) is 37.5 Å². The van der Waals surface area contributed by atoms with Crippen LogP contribution in [0.4, 0.5) is 5.82 Å². The quantitative estimate of drug-likeness (QED) is 0.765. The predicted octanol–water partition coefficient (Wildman–Crippen LogP) is 1.36. The minimum absolute atomic E-state index is 0.204. The smallest absolute Gasteiger partial charge is 0.280 e. The predicted molar refractivity (Wildman–Crippen MR) is 92.2 cm³/mol. The van der Waals surface area contributed by atoms with Crippen molar-refractivity contribution in [2.24, 2.45) is 0 Å². The molecule has 0 fully saturated rings. The molecule has 2 amide bonds. The largest absolute Gasteiger partial charge is 0.348 e. The van der Waals surface area contributed by atoms with Crippen LogP contribution in [-0.4, -0.2) is 31.8 Å². The highest BCUT2D eigenvalue weighted by molar-refractivity contribution is 6.07. The fourth-order valence-corrected chi connectivity index (χ4v) is 2.66. The van der Waals surface area contributed by atoms with Crippen LogP contribution >= 0.6 is 0 Å². The average Bonchev–Trinajstić information content (AvgIpc) is 3.04. The van der Waals surface area contributed by atoms with Gasteiger partial charge in [0.1, 0.15) is 5.82 Å². The van der Waals surface area contributed by atoms with E-state index in [9.17, 15) is 9.59 Å². The molecule has 0 atom stereocenters. The molecule has 26 heavy (non-hydrogen) atoms. The Balaban J connectivity index is 1.42. The molecule has 1 aliphatic heterocycles. The Labute approximate surface area is 149 Å². The Bertz CT molecular complexity index is 959. The Kier molecular flexibility index (Phi) is 4.06. The van der Waals surface area contributed by atoms with E-state index in [1.165, 1.54) is 17.3 Å². The van der Waals surface area contributed by atoms with Gasteiger partial charge in [0.2, 0.25) is 0 Å². The lowest BCUT2D eigenvalue weighted by atomic mass is 10.2. The zero-order chi connectivity index (χ0) is 17.9. The van der Waals surface area contributed by atoms with Crippen LogP contribution in [0.2, 0.25) is 0 Å². The summed E-state index contributed by atoms with van der Waals surface area (Å²) in [5.74, 6) is 0.111. The number of hydrogen-bond acceptors (Lipinski definition) is 6. The lowest BCUT2D eigenvalue weighted by Crippen LogP contribution is -2.25. The van der Waals surface area contributed by atoms with Gasteiger partial charge in [-0.15, -0.1) is 0 Å². The minimum atomic E-state index is -0.210. The first-order chi connectivity index (χ1) is 12.7. The molecule has 0 saturated carbocycles. The Hall–Kier alpha value is -3.68. The molecule has 0 radical (unpaired) electrons. The molecule has 4 rings (SSSR count). The second kappa shape index (κ2) is 6.67. The van der Waals surface area contributed by atoms with Crippen molar-refractivity contribution in [3.8, 4) is 0 Å². The summed E-state index contributed by atoms with van der Waals surface area (Å²) in [5, 5.41) is 2.81. The Morgan fingerprint density at radius 2 is 1.96 bits per heavy atom.